The molecule has 0 aromatic heterocycles. The van der Waals surface area contributed by atoms with Crippen molar-refractivity contribution in [3.05, 3.63) is 77.6 Å². The molecule has 0 unspecified atom stereocenters. The van der Waals surface area contributed by atoms with Gasteiger partial charge < -0.3 is 18.9 Å². The van der Waals surface area contributed by atoms with Crippen LogP contribution in [0.3, 0.4) is 0 Å². The van der Waals surface area contributed by atoms with Gasteiger partial charge in [-0.15, -0.1) is 0 Å². The fourth-order valence-electron chi connectivity index (χ4n) is 6.93. The van der Waals surface area contributed by atoms with Crippen molar-refractivity contribution in [2.45, 2.75) is 50.4 Å². The molecule has 35 heavy (non-hydrogen) atoms. The minimum absolute atomic E-state index is 0.219. The van der Waals surface area contributed by atoms with Crippen molar-refractivity contribution in [1.82, 2.24) is 0 Å². The highest BCUT2D eigenvalue weighted by atomic mass is 16.7. The Kier molecular flexibility index (Phi) is 7.54. The van der Waals surface area contributed by atoms with Gasteiger partial charge in [0.2, 0.25) is 0 Å². The van der Waals surface area contributed by atoms with E-state index in [9.17, 15) is 4.79 Å². The SMILES string of the molecule is COCCOCOc1cc(CC=COC(=O)c2ccccc2)ccc1C12CC3CC(CC(C3)C1)C2. The smallest absolute Gasteiger partial charge is 0.342 e. The first-order valence-electron chi connectivity index (χ1n) is 12.9. The molecule has 2 aromatic rings. The predicted octanol–water partition coefficient (Wildman–Crippen LogP) is 6.07. The maximum absolute atomic E-state index is 12.1. The number of carbonyl (C=O) groups is 1. The number of esters is 1. The normalized spacial score (nSPS) is 26.8. The molecule has 0 atom stereocenters. The Morgan fingerprint density at radius 1 is 0.971 bits per heavy atom. The van der Waals surface area contributed by atoms with Gasteiger partial charge in [-0.2, -0.15) is 0 Å². The van der Waals surface area contributed by atoms with Crippen LogP contribution in [0.2, 0.25) is 0 Å². The Labute approximate surface area is 208 Å². The van der Waals surface area contributed by atoms with E-state index in [1.807, 2.05) is 24.3 Å². The van der Waals surface area contributed by atoms with E-state index in [-0.39, 0.29) is 18.2 Å². The molecular weight excluding hydrogens is 440 g/mol. The van der Waals surface area contributed by atoms with Crippen LogP contribution in [-0.4, -0.2) is 33.1 Å². The standard InChI is InChI=1S/C30H36O5/c1-32-12-13-33-21-35-28-17-22(6-5-11-34-29(31)26-7-3-2-4-8-26)9-10-27(28)30-18-23-14-24(19-30)16-25(15-23)20-30/h2-5,7-11,17,23-25H,6,12-16,18-21H2,1H3. The lowest BCUT2D eigenvalue weighted by Gasteiger charge is -2.57. The second-order valence-corrected chi connectivity index (χ2v) is 10.5. The zero-order chi connectivity index (χ0) is 24.1. The summed E-state index contributed by atoms with van der Waals surface area (Å²) in [5.74, 6) is 3.20. The molecule has 5 heteroatoms. The number of benzene rings is 2. The molecule has 5 nitrogen and oxygen atoms in total. The molecule has 4 aliphatic carbocycles. The highest BCUT2D eigenvalue weighted by molar-refractivity contribution is 5.89. The molecule has 6 rings (SSSR count). The summed E-state index contributed by atoms with van der Waals surface area (Å²) in [5, 5.41) is 0. The number of allylic oxidation sites excluding steroid dienone is 1. The van der Waals surface area contributed by atoms with Gasteiger partial charge in [-0.3, -0.25) is 0 Å². The van der Waals surface area contributed by atoms with Crippen molar-refractivity contribution in [3.63, 3.8) is 0 Å². The van der Waals surface area contributed by atoms with Gasteiger partial charge in [-0.1, -0.05) is 30.3 Å². The maximum Gasteiger partial charge on any atom is 0.342 e. The molecule has 2 aromatic carbocycles. The van der Waals surface area contributed by atoms with E-state index in [1.54, 1.807) is 19.2 Å². The van der Waals surface area contributed by atoms with Crippen LogP contribution in [0.15, 0.2) is 60.9 Å². The zero-order valence-corrected chi connectivity index (χ0v) is 20.6. The molecule has 0 N–H and O–H groups in total. The molecule has 4 bridgehead atoms. The summed E-state index contributed by atoms with van der Waals surface area (Å²) in [4.78, 5) is 12.1. The number of ether oxygens (including phenoxy) is 4. The number of hydrogen-bond donors (Lipinski definition) is 0. The first-order chi connectivity index (χ1) is 17.1. The Morgan fingerprint density at radius 3 is 2.37 bits per heavy atom. The molecule has 4 aliphatic rings. The first kappa shape index (κ1) is 24.1. The van der Waals surface area contributed by atoms with Crippen molar-refractivity contribution in [2.24, 2.45) is 17.8 Å². The van der Waals surface area contributed by atoms with E-state index in [0.717, 1.165) is 29.1 Å². The summed E-state index contributed by atoms with van der Waals surface area (Å²) in [6.45, 7) is 1.28. The highest BCUT2D eigenvalue weighted by Gasteiger charge is 2.52. The van der Waals surface area contributed by atoms with Crippen LogP contribution in [0.4, 0.5) is 0 Å². The number of hydrogen-bond acceptors (Lipinski definition) is 5. The second kappa shape index (κ2) is 11.0. The molecule has 0 radical (unpaired) electrons. The molecule has 0 heterocycles. The Morgan fingerprint density at radius 2 is 1.69 bits per heavy atom. The van der Waals surface area contributed by atoms with Crippen molar-refractivity contribution in [2.75, 3.05) is 27.1 Å². The Bertz CT molecular complexity index is 993. The average molecular weight is 477 g/mol. The molecule has 4 saturated carbocycles. The summed E-state index contributed by atoms with van der Waals surface area (Å²) < 4.78 is 22.2. The molecular formula is C30H36O5. The van der Waals surface area contributed by atoms with Crippen LogP contribution in [0, 0.1) is 17.8 Å². The lowest BCUT2D eigenvalue weighted by Crippen LogP contribution is -2.48. The largest absolute Gasteiger partial charge is 0.467 e. The number of methoxy groups -OCH3 is 1. The third-order valence-corrected chi connectivity index (χ3v) is 8.02. The van der Waals surface area contributed by atoms with Crippen molar-refractivity contribution in [1.29, 1.82) is 0 Å². The zero-order valence-electron chi connectivity index (χ0n) is 20.6. The molecule has 186 valence electrons. The molecule has 0 aliphatic heterocycles. The topological polar surface area (TPSA) is 54.0 Å². The van der Waals surface area contributed by atoms with E-state index >= 15 is 0 Å². The fraction of sp³-hybridized carbons (Fsp3) is 0.500. The lowest BCUT2D eigenvalue weighted by atomic mass is 9.48. The quantitative estimate of drug-likeness (QED) is 0.171. The van der Waals surface area contributed by atoms with E-state index in [4.69, 9.17) is 18.9 Å². The van der Waals surface area contributed by atoms with Crippen LogP contribution in [0.1, 0.15) is 60.0 Å². The molecule has 0 amide bonds. The van der Waals surface area contributed by atoms with Gasteiger partial charge in [-0.05, 0) is 98.0 Å². The lowest BCUT2D eigenvalue weighted by molar-refractivity contribution is -0.0189. The average Bonchev–Trinajstić information content (AvgIpc) is 2.86. The summed E-state index contributed by atoms with van der Waals surface area (Å²) in [5.41, 5.74) is 3.27. The minimum atomic E-state index is -0.351. The minimum Gasteiger partial charge on any atom is -0.467 e. The van der Waals surface area contributed by atoms with Crippen molar-refractivity contribution >= 4 is 5.97 Å². The molecule has 4 fully saturated rings. The van der Waals surface area contributed by atoms with Crippen LogP contribution in [-0.2, 0) is 26.0 Å². The van der Waals surface area contributed by atoms with Crippen LogP contribution in [0.25, 0.3) is 0 Å². The Balaban J connectivity index is 1.28. The second-order valence-electron chi connectivity index (χ2n) is 10.5. The number of carbonyl (C=O) groups excluding carboxylic acids is 1. The van der Waals surface area contributed by atoms with Gasteiger partial charge in [0.1, 0.15) is 5.75 Å². The van der Waals surface area contributed by atoms with Gasteiger partial charge in [0.25, 0.3) is 0 Å². The van der Waals surface area contributed by atoms with Gasteiger partial charge in [0.05, 0.1) is 25.0 Å². The van der Waals surface area contributed by atoms with E-state index in [1.165, 1.54) is 50.4 Å². The molecule has 0 spiro atoms. The molecule has 0 saturated heterocycles. The van der Waals surface area contributed by atoms with Crippen molar-refractivity contribution in [3.8, 4) is 5.75 Å². The summed E-state index contributed by atoms with van der Waals surface area (Å²) in [6, 6.07) is 15.7. The van der Waals surface area contributed by atoms with Crippen LogP contribution in [0.5, 0.6) is 5.75 Å². The maximum atomic E-state index is 12.1. The third-order valence-electron chi connectivity index (χ3n) is 8.02. The van der Waals surface area contributed by atoms with Gasteiger partial charge in [0, 0.05) is 12.7 Å². The van der Waals surface area contributed by atoms with Gasteiger partial charge in [0.15, 0.2) is 6.79 Å². The number of rotatable bonds is 11. The highest BCUT2D eigenvalue weighted by Crippen LogP contribution is 2.61. The summed E-state index contributed by atoms with van der Waals surface area (Å²) in [7, 11) is 1.67. The van der Waals surface area contributed by atoms with Crippen molar-refractivity contribution < 1.29 is 23.7 Å². The van der Waals surface area contributed by atoms with Gasteiger partial charge in [-0.25, -0.2) is 4.79 Å². The summed E-state index contributed by atoms with van der Waals surface area (Å²) in [6.07, 6.45) is 12.1. The fourth-order valence-corrected chi connectivity index (χ4v) is 6.93. The first-order valence-corrected chi connectivity index (χ1v) is 12.9. The third kappa shape index (κ3) is 5.62. The van der Waals surface area contributed by atoms with E-state index in [2.05, 4.69) is 18.2 Å². The Hall–Kier alpha value is -2.63. The van der Waals surface area contributed by atoms with Crippen LogP contribution >= 0.6 is 0 Å². The van der Waals surface area contributed by atoms with E-state index < -0.39 is 0 Å². The van der Waals surface area contributed by atoms with Crippen LogP contribution < -0.4 is 4.74 Å². The monoisotopic (exact) mass is 476 g/mol. The summed E-state index contributed by atoms with van der Waals surface area (Å²) >= 11 is 0. The van der Waals surface area contributed by atoms with Gasteiger partial charge >= 0.3 is 5.97 Å². The van der Waals surface area contributed by atoms with E-state index in [0.29, 0.717) is 25.2 Å². The predicted molar refractivity (Wildman–Crippen MR) is 134 cm³/mol.